The highest BCUT2D eigenvalue weighted by atomic mass is 32.2. The van der Waals surface area contributed by atoms with Gasteiger partial charge in [0.2, 0.25) is 0 Å². The highest BCUT2D eigenvalue weighted by Crippen LogP contribution is 2.31. The van der Waals surface area contributed by atoms with Crippen molar-refractivity contribution in [2.24, 2.45) is 0 Å². The van der Waals surface area contributed by atoms with Crippen LogP contribution in [0.5, 0.6) is 0 Å². The van der Waals surface area contributed by atoms with Crippen LogP contribution >= 0.6 is 0 Å². The summed E-state index contributed by atoms with van der Waals surface area (Å²) in [5.74, 6) is 0. The first-order chi connectivity index (χ1) is 15.9. The molecule has 1 saturated heterocycles. The molecular formula is C26H31N5O2S. The van der Waals surface area contributed by atoms with Crippen molar-refractivity contribution < 1.29 is 8.42 Å². The number of rotatable bonds is 5. The summed E-state index contributed by atoms with van der Waals surface area (Å²) in [5, 5.41) is 7.63. The number of hydrogen-bond acceptors (Lipinski definition) is 6. The molecule has 1 fully saturated rings. The Labute approximate surface area is 201 Å². The minimum atomic E-state index is -3.29. The summed E-state index contributed by atoms with van der Waals surface area (Å²) in [7, 11) is -3.29. The molecule has 178 valence electrons. The summed E-state index contributed by atoms with van der Waals surface area (Å²) < 4.78 is 25.2. The second-order valence-electron chi connectivity index (χ2n) is 8.61. The number of nitrogens with zero attached hydrogens (tertiary/aromatic N) is 4. The highest BCUT2D eigenvalue weighted by molar-refractivity contribution is 7.92. The summed E-state index contributed by atoms with van der Waals surface area (Å²) in [6.45, 7) is 6.76. The van der Waals surface area contributed by atoms with Gasteiger partial charge in [-0.2, -0.15) is 5.10 Å². The molecule has 2 aromatic carbocycles. The first-order valence-corrected chi connectivity index (χ1v) is 12.7. The van der Waals surface area contributed by atoms with Crippen molar-refractivity contribution in [3.63, 3.8) is 0 Å². The van der Waals surface area contributed by atoms with Gasteiger partial charge in [0.1, 0.15) is 0 Å². The van der Waals surface area contributed by atoms with E-state index in [0.717, 1.165) is 53.9 Å². The predicted molar refractivity (Wildman–Crippen MR) is 139 cm³/mol. The number of hydrogen-bond donors (Lipinski definition) is 1. The number of aromatic nitrogens is 3. The lowest BCUT2D eigenvalue weighted by molar-refractivity contribution is 0.587. The van der Waals surface area contributed by atoms with E-state index in [9.17, 15) is 8.42 Å². The Morgan fingerprint density at radius 3 is 2.41 bits per heavy atom. The Morgan fingerprint density at radius 2 is 1.71 bits per heavy atom. The van der Waals surface area contributed by atoms with Crippen molar-refractivity contribution in [2.75, 3.05) is 36.0 Å². The van der Waals surface area contributed by atoms with Gasteiger partial charge < -0.3 is 9.80 Å². The monoisotopic (exact) mass is 477 g/mol. The molecule has 1 N–H and O–H groups in total. The minimum Gasteiger partial charge on any atom is -0.368 e. The molecule has 0 unspecified atom stereocenters. The molecule has 0 bridgehead atoms. The zero-order valence-corrected chi connectivity index (χ0v) is 19.6. The number of H-pyrrole nitrogens is 1. The van der Waals surface area contributed by atoms with Crippen LogP contribution in [0.3, 0.4) is 0 Å². The number of aromatic amines is 1. The SMILES string of the molecule is C.CC(C)S(=O)(=O)c1cccc(N2CCN(c3ccnc4ccc(-c5cn[nH]c5)cc34)CC2)c1. The van der Waals surface area contributed by atoms with Gasteiger partial charge in [-0.25, -0.2) is 8.42 Å². The van der Waals surface area contributed by atoms with Gasteiger partial charge in [0, 0.05) is 60.9 Å². The molecule has 8 heteroatoms. The van der Waals surface area contributed by atoms with Gasteiger partial charge in [-0.1, -0.05) is 19.6 Å². The summed E-state index contributed by atoms with van der Waals surface area (Å²) in [5.41, 5.74) is 5.24. The fourth-order valence-corrected chi connectivity index (χ4v) is 5.43. The van der Waals surface area contributed by atoms with Crippen LogP contribution in [0.1, 0.15) is 21.3 Å². The molecule has 5 rings (SSSR count). The van der Waals surface area contributed by atoms with E-state index in [1.54, 1.807) is 19.9 Å². The van der Waals surface area contributed by atoms with E-state index < -0.39 is 15.1 Å². The quantitative estimate of drug-likeness (QED) is 0.446. The molecule has 2 aromatic heterocycles. The third kappa shape index (κ3) is 4.37. The highest BCUT2D eigenvalue weighted by Gasteiger charge is 2.23. The minimum absolute atomic E-state index is 0. The van der Waals surface area contributed by atoms with Crippen LogP contribution in [-0.2, 0) is 9.84 Å². The van der Waals surface area contributed by atoms with E-state index in [1.165, 1.54) is 5.69 Å². The first kappa shape index (κ1) is 23.8. The van der Waals surface area contributed by atoms with Crippen LogP contribution in [-0.4, -0.2) is 55.0 Å². The largest absolute Gasteiger partial charge is 0.368 e. The van der Waals surface area contributed by atoms with E-state index in [1.807, 2.05) is 36.8 Å². The molecular weight excluding hydrogens is 446 g/mol. The molecule has 1 aliphatic rings. The van der Waals surface area contributed by atoms with Crippen LogP contribution in [0.4, 0.5) is 11.4 Å². The molecule has 0 saturated carbocycles. The van der Waals surface area contributed by atoms with Gasteiger partial charge in [0.15, 0.2) is 9.84 Å². The number of anilines is 2. The van der Waals surface area contributed by atoms with E-state index in [4.69, 9.17) is 0 Å². The normalized spacial score (nSPS) is 14.4. The summed E-state index contributed by atoms with van der Waals surface area (Å²) in [6.07, 6.45) is 5.58. The molecule has 0 amide bonds. The van der Waals surface area contributed by atoms with Crippen LogP contribution in [0, 0.1) is 0 Å². The zero-order chi connectivity index (χ0) is 23.0. The average Bonchev–Trinajstić information content (AvgIpc) is 3.38. The summed E-state index contributed by atoms with van der Waals surface area (Å²) in [4.78, 5) is 9.59. The average molecular weight is 478 g/mol. The molecule has 0 atom stereocenters. The Hall–Kier alpha value is -3.39. The van der Waals surface area contributed by atoms with Crippen LogP contribution in [0.25, 0.3) is 22.0 Å². The van der Waals surface area contributed by atoms with Crippen molar-refractivity contribution in [3.05, 3.63) is 67.1 Å². The molecule has 34 heavy (non-hydrogen) atoms. The molecule has 0 spiro atoms. The van der Waals surface area contributed by atoms with Crippen LogP contribution < -0.4 is 9.80 Å². The van der Waals surface area contributed by atoms with Crippen molar-refractivity contribution in [1.29, 1.82) is 0 Å². The Bertz CT molecular complexity index is 1380. The lowest BCUT2D eigenvalue weighted by Gasteiger charge is -2.38. The number of pyridine rings is 1. The van der Waals surface area contributed by atoms with Crippen molar-refractivity contribution >= 4 is 32.1 Å². The second-order valence-corrected chi connectivity index (χ2v) is 11.1. The van der Waals surface area contributed by atoms with Crippen LogP contribution in [0.2, 0.25) is 0 Å². The number of piperazine rings is 1. The Morgan fingerprint density at radius 1 is 0.941 bits per heavy atom. The maximum atomic E-state index is 12.6. The van der Waals surface area contributed by atoms with Gasteiger partial charge in [0.25, 0.3) is 0 Å². The number of sulfone groups is 1. The standard InChI is InChI=1S/C25H27N5O2S.CH4/c1-18(2)33(31,32)22-5-3-4-21(15-22)29-10-12-30(13-11-29)25-8-9-26-24-7-6-19(14-23(24)25)20-16-27-28-17-20;/h3-9,14-18H,10-13H2,1-2H3,(H,27,28);1H4. The number of benzene rings is 2. The lowest BCUT2D eigenvalue weighted by atomic mass is 10.0. The van der Waals surface area contributed by atoms with E-state index in [2.05, 4.69) is 49.2 Å². The topological polar surface area (TPSA) is 82.2 Å². The maximum Gasteiger partial charge on any atom is 0.180 e. The van der Waals surface area contributed by atoms with Gasteiger partial charge >= 0.3 is 0 Å². The van der Waals surface area contributed by atoms with E-state index >= 15 is 0 Å². The fraction of sp³-hybridized carbons (Fsp3) is 0.308. The smallest absolute Gasteiger partial charge is 0.180 e. The van der Waals surface area contributed by atoms with Crippen molar-refractivity contribution in [3.8, 4) is 11.1 Å². The van der Waals surface area contributed by atoms with Crippen LogP contribution in [0.15, 0.2) is 72.0 Å². The molecule has 0 aliphatic carbocycles. The second kappa shape index (κ2) is 9.46. The van der Waals surface area contributed by atoms with E-state index in [0.29, 0.717) is 4.90 Å². The third-order valence-electron chi connectivity index (χ3n) is 6.30. The molecule has 0 radical (unpaired) electrons. The summed E-state index contributed by atoms with van der Waals surface area (Å²) in [6, 6.07) is 15.7. The molecule has 4 aromatic rings. The van der Waals surface area contributed by atoms with Gasteiger partial charge in [-0.05, 0) is 55.8 Å². The van der Waals surface area contributed by atoms with E-state index in [-0.39, 0.29) is 7.43 Å². The number of nitrogens with one attached hydrogen (secondary N) is 1. The van der Waals surface area contributed by atoms with Crippen molar-refractivity contribution in [1.82, 2.24) is 15.2 Å². The molecule has 3 heterocycles. The summed E-state index contributed by atoms with van der Waals surface area (Å²) >= 11 is 0. The maximum absolute atomic E-state index is 12.6. The van der Waals surface area contributed by atoms with Gasteiger partial charge in [-0.15, -0.1) is 0 Å². The predicted octanol–water partition coefficient (Wildman–Crippen LogP) is 4.77. The molecule has 7 nitrogen and oxygen atoms in total. The lowest BCUT2D eigenvalue weighted by Crippen LogP contribution is -2.46. The Kier molecular flexibility index (Phi) is 6.61. The fourth-order valence-electron chi connectivity index (χ4n) is 4.33. The molecule has 1 aliphatic heterocycles. The van der Waals surface area contributed by atoms with Gasteiger partial charge in [-0.3, -0.25) is 10.1 Å². The van der Waals surface area contributed by atoms with Gasteiger partial charge in [0.05, 0.1) is 21.9 Å². The number of fused-ring (bicyclic) bond motifs is 1. The van der Waals surface area contributed by atoms with Crippen molar-refractivity contribution in [2.45, 2.75) is 31.4 Å². The third-order valence-corrected chi connectivity index (χ3v) is 8.45. The Balaban J connectivity index is 0.00000274. The first-order valence-electron chi connectivity index (χ1n) is 11.2. The zero-order valence-electron chi connectivity index (χ0n) is 18.8.